The molecule has 0 spiro atoms. The van der Waals surface area contributed by atoms with Crippen LogP contribution in [-0.2, 0) is 6.42 Å². The lowest BCUT2D eigenvalue weighted by Gasteiger charge is -2.07. The Morgan fingerprint density at radius 2 is 2.08 bits per heavy atom. The lowest BCUT2D eigenvalue weighted by atomic mass is 10.0. The predicted molar refractivity (Wildman–Crippen MR) is 93.3 cm³/mol. The maximum absolute atomic E-state index is 5.87. The first-order chi connectivity index (χ1) is 12.4. The summed E-state index contributed by atoms with van der Waals surface area (Å²) in [5, 5.41) is 7.49. The highest BCUT2D eigenvalue weighted by atomic mass is 16.5. The van der Waals surface area contributed by atoms with Crippen molar-refractivity contribution in [3.05, 3.63) is 54.6 Å². The van der Waals surface area contributed by atoms with E-state index in [-0.39, 0.29) is 0 Å². The molecule has 3 heterocycles. The van der Waals surface area contributed by atoms with Gasteiger partial charge in [-0.2, -0.15) is 4.98 Å². The fourth-order valence-electron chi connectivity index (χ4n) is 3.00. The third-order valence-corrected chi connectivity index (χ3v) is 4.37. The van der Waals surface area contributed by atoms with E-state index in [1.807, 2.05) is 42.5 Å². The highest BCUT2D eigenvalue weighted by molar-refractivity contribution is 5.61. The zero-order chi connectivity index (χ0) is 16.9. The summed E-state index contributed by atoms with van der Waals surface area (Å²) in [6.45, 7) is 2.19. The molecular formula is C19H20N4O2. The van der Waals surface area contributed by atoms with Crippen molar-refractivity contribution in [2.24, 2.45) is 5.92 Å². The number of nitrogens with zero attached hydrogens (tertiary/aromatic N) is 3. The van der Waals surface area contributed by atoms with Crippen LogP contribution in [0.25, 0.3) is 11.4 Å². The lowest BCUT2D eigenvalue weighted by molar-refractivity contribution is 0.365. The standard InChI is InChI=1S/C19H20N4O2/c1-2-5-15(6-3-1)24-19-16(7-4-11-21-19)18-22-17(25-23-18)9-8-14-10-12-20-13-14/h1-7,11,14,20H,8-10,12-13H2. The Balaban J connectivity index is 1.50. The van der Waals surface area contributed by atoms with Crippen molar-refractivity contribution in [3.8, 4) is 23.0 Å². The van der Waals surface area contributed by atoms with Gasteiger partial charge < -0.3 is 14.6 Å². The van der Waals surface area contributed by atoms with Crippen LogP contribution in [0.4, 0.5) is 0 Å². The second-order valence-corrected chi connectivity index (χ2v) is 6.18. The van der Waals surface area contributed by atoms with E-state index < -0.39 is 0 Å². The maximum atomic E-state index is 5.87. The molecule has 1 aliphatic heterocycles. The Hall–Kier alpha value is -2.73. The summed E-state index contributed by atoms with van der Waals surface area (Å²) in [7, 11) is 0. The second-order valence-electron chi connectivity index (χ2n) is 6.18. The summed E-state index contributed by atoms with van der Waals surface area (Å²) in [5.41, 5.74) is 0.726. The molecule has 2 aromatic heterocycles. The van der Waals surface area contributed by atoms with Crippen molar-refractivity contribution in [1.29, 1.82) is 0 Å². The number of rotatable bonds is 6. The highest BCUT2D eigenvalue weighted by Gasteiger charge is 2.18. The van der Waals surface area contributed by atoms with E-state index in [9.17, 15) is 0 Å². The van der Waals surface area contributed by atoms with Crippen LogP contribution in [0, 0.1) is 5.92 Å². The monoisotopic (exact) mass is 336 g/mol. The number of pyridine rings is 1. The highest BCUT2D eigenvalue weighted by Crippen LogP contribution is 2.29. The molecule has 0 bridgehead atoms. The van der Waals surface area contributed by atoms with Crippen molar-refractivity contribution in [3.63, 3.8) is 0 Å². The van der Waals surface area contributed by atoms with Crippen LogP contribution in [-0.4, -0.2) is 28.2 Å². The Kier molecular flexibility index (Phi) is 4.70. The van der Waals surface area contributed by atoms with Gasteiger partial charge in [0.25, 0.3) is 0 Å². The van der Waals surface area contributed by atoms with E-state index in [2.05, 4.69) is 20.4 Å². The normalized spacial score (nSPS) is 16.9. The molecule has 1 N–H and O–H groups in total. The Morgan fingerprint density at radius 3 is 2.92 bits per heavy atom. The summed E-state index contributed by atoms with van der Waals surface area (Å²) in [6, 6.07) is 13.3. The van der Waals surface area contributed by atoms with Gasteiger partial charge in [-0.25, -0.2) is 4.98 Å². The van der Waals surface area contributed by atoms with Crippen molar-refractivity contribution in [1.82, 2.24) is 20.4 Å². The molecular weight excluding hydrogens is 316 g/mol. The Bertz CT molecular complexity index is 813. The van der Waals surface area contributed by atoms with Crippen LogP contribution >= 0.6 is 0 Å². The van der Waals surface area contributed by atoms with Gasteiger partial charge in [-0.15, -0.1) is 0 Å². The average molecular weight is 336 g/mol. The molecule has 6 nitrogen and oxygen atoms in total. The topological polar surface area (TPSA) is 73.1 Å². The number of benzene rings is 1. The molecule has 0 saturated carbocycles. The minimum absolute atomic E-state index is 0.473. The number of ether oxygens (including phenoxy) is 1. The minimum Gasteiger partial charge on any atom is -0.438 e. The van der Waals surface area contributed by atoms with Crippen molar-refractivity contribution in [2.45, 2.75) is 19.3 Å². The van der Waals surface area contributed by atoms with Crippen LogP contribution in [0.3, 0.4) is 0 Å². The summed E-state index contributed by atoms with van der Waals surface area (Å²) < 4.78 is 11.3. The lowest BCUT2D eigenvalue weighted by Crippen LogP contribution is -2.09. The predicted octanol–water partition coefficient (Wildman–Crippen LogP) is 3.47. The molecule has 1 fully saturated rings. The fraction of sp³-hybridized carbons (Fsp3) is 0.316. The molecule has 1 unspecified atom stereocenters. The molecule has 128 valence electrons. The van der Waals surface area contributed by atoms with Gasteiger partial charge in [0.2, 0.25) is 17.6 Å². The number of aryl methyl sites for hydroxylation is 1. The first-order valence-electron chi connectivity index (χ1n) is 8.60. The van der Waals surface area contributed by atoms with Crippen LogP contribution < -0.4 is 10.1 Å². The molecule has 1 aliphatic rings. The molecule has 0 amide bonds. The van der Waals surface area contributed by atoms with E-state index >= 15 is 0 Å². The van der Waals surface area contributed by atoms with E-state index in [4.69, 9.17) is 9.26 Å². The molecule has 3 aromatic rings. The smallest absolute Gasteiger partial charge is 0.230 e. The van der Waals surface area contributed by atoms with Crippen LogP contribution in [0.15, 0.2) is 53.2 Å². The summed E-state index contributed by atoms with van der Waals surface area (Å²) >= 11 is 0. The van der Waals surface area contributed by atoms with Gasteiger partial charge >= 0.3 is 0 Å². The SMILES string of the molecule is c1ccc(Oc2ncccc2-c2noc(CCC3CCNC3)n2)cc1. The molecule has 25 heavy (non-hydrogen) atoms. The number of hydrogen-bond acceptors (Lipinski definition) is 6. The Labute approximate surface area is 146 Å². The largest absolute Gasteiger partial charge is 0.438 e. The molecule has 0 radical (unpaired) electrons. The number of para-hydroxylation sites is 1. The number of nitrogens with one attached hydrogen (secondary N) is 1. The molecule has 1 atom stereocenters. The van der Waals surface area contributed by atoms with Gasteiger partial charge in [-0.3, -0.25) is 0 Å². The minimum atomic E-state index is 0.473. The summed E-state index contributed by atoms with van der Waals surface area (Å²) in [5.74, 6) is 3.07. The van der Waals surface area contributed by atoms with Gasteiger partial charge in [-0.1, -0.05) is 23.4 Å². The first-order valence-corrected chi connectivity index (χ1v) is 8.60. The van der Waals surface area contributed by atoms with Crippen LogP contribution in [0.1, 0.15) is 18.7 Å². The van der Waals surface area contributed by atoms with Crippen LogP contribution in [0.5, 0.6) is 11.6 Å². The first kappa shape index (κ1) is 15.8. The molecule has 4 rings (SSSR count). The van der Waals surface area contributed by atoms with Gasteiger partial charge in [0.1, 0.15) is 5.75 Å². The van der Waals surface area contributed by atoms with E-state index in [0.29, 0.717) is 23.5 Å². The maximum Gasteiger partial charge on any atom is 0.230 e. The molecule has 1 saturated heterocycles. The zero-order valence-electron chi connectivity index (χ0n) is 13.9. The van der Waals surface area contributed by atoms with Crippen LogP contribution in [0.2, 0.25) is 0 Å². The molecule has 1 aromatic carbocycles. The third kappa shape index (κ3) is 3.85. The van der Waals surface area contributed by atoms with Gasteiger partial charge in [0.05, 0.1) is 5.56 Å². The number of hydrogen-bond donors (Lipinski definition) is 1. The van der Waals surface area contributed by atoms with Gasteiger partial charge in [0, 0.05) is 12.6 Å². The van der Waals surface area contributed by atoms with Crippen molar-refractivity contribution < 1.29 is 9.26 Å². The summed E-state index contributed by atoms with van der Waals surface area (Å²) in [6.07, 6.45) is 4.78. The van der Waals surface area contributed by atoms with Crippen molar-refractivity contribution >= 4 is 0 Å². The fourth-order valence-corrected chi connectivity index (χ4v) is 3.00. The van der Waals surface area contributed by atoms with Crippen molar-refractivity contribution in [2.75, 3.05) is 13.1 Å². The van der Waals surface area contributed by atoms with E-state index in [0.717, 1.165) is 37.2 Å². The second kappa shape index (κ2) is 7.44. The van der Waals surface area contributed by atoms with Gasteiger partial charge in [-0.05, 0) is 56.1 Å². The quantitative estimate of drug-likeness (QED) is 0.743. The van der Waals surface area contributed by atoms with E-state index in [1.165, 1.54) is 6.42 Å². The molecule has 0 aliphatic carbocycles. The average Bonchev–Trinajstić information content (AvgIpc) is 3.33. The number of aromatic nitrogens is 3. The summed E-state index contributed by atoms with van der Waals surface area (Å²) in [4.78, 5) is 8.84. The molecule has 6 heteroatoms. The zero-order valence-corrected chi connectivity index (χ0v) is 13.9. The third-order valence-electron chi connectivity index (χ3n) is 4.37. The van der Waals surface area contributed by atoms with E-state index in [1.54, 1.807) is 6.20 Å². The Morgan fingerprint density at radius 1 is 1.16 bits per heavy atom. The van der Waals surface area contributed by atoms with Gasteiger partial charge in [0.15, 0.2) is 0 Å².